The first-order chi connectivity index (χ1) is 8.60. The second-order valence-corrected chi connectivity index (χ2v) is 4.90. The largest absolute Gasteiger partial charge is 0.496 e. The first-order valence-electron chi connectivity index (χ1n) is 6.46. The van der Waals surface area contributed by atoms with Crippen molar-refractivity contribution >= 4 is 5.78 Å². The van der Waals surface area contributed by atoms with E-state index in [0.717, 1.165) is 12.8 Å². The van der Waals surface area contributed by atoms with Crippen LogP contribution < -0.4 is 4.74 Å². The van der Waals surface area contributed by atoms with Crippen LogP contribution in [0.4, 0.5) is 4.39 Å². The highest BCUT2D eigenvalue weighted by Crippen LogP contribution is 2.56. The van der Waals surface area contributed by atoms with E-state index in [2.05, 4.69) is 0 Å². The Kier molecular flexibility index (Phi) is 3.42. The lowest BCUT2D eigenvalue weighted by Crippen LogP contribution is -2.47. The SMILES string of the molecule is CCC1(CC)C(=O)CC1c1c(F)cccc1OC. The number of ether oxygens (including phenoxy) is 1. The average molecular weight is 250 g/mol. The molecule has 0 heterocycles. The molecule has 0 amide bonds. The highest BCUT2D eigenvalue weighted by atomic mass is 19.1. The lowest BCUT2D eigenvalue weighted by atomic mass is 9.54. The summed E-state index contributed by atoms with van der Waals surface area (Å²) in [5.74, 6) is 0.496. The molecule has 98 valence electrons. The van der Waals surface area contributed by atoms with Crippen LogP contribution in [0.3, 0.4) is 0 Å². The van der Waals surface area contributed by atoms with Crippen LogP contribution in [0.5, 0.6) is 5.75 Å². The topological polar surface area (TPSA) is 26.3 Å². The van der Waals surface area contributed by atoms with Crippen molar-refractivity contribution in [2.75, 3.05) is 7.11 Å². The van der Waals surface area contributed by atoms with Crippen LogP contribution in [-0.4, -0.2) is 12.9 Å². The number of hydrogen-bond acceptors (Lipinski definition) is 2. The van der Waals surface area contributed by atoms with Gasteiger partial charge in [0.05, 0.1) is 7.11 Å². The number of rotatable bonds is 4. The summed E-state index contributed by atoms with van der Waals surface area (Å²) in [4.78, 5) is 11.9. The molecule has 1 saturated carbocycles. The number of hydrogen-bond donors (Lipinski definition) is 0. The number of Topliss-reactive ketones (excluding diaryl/α,β-unsaturated/α-hetero) is 1. The van der Waals surface area contributed by atoms with Gasteiger partial charge in [0.15, 0.2) is 0 Å². The summed E-state index contributed by atoms with van der Waals surface area (Å²) in [5, 5.41) is 0. The number of benzene rings is 1. The maximum absolute atomic E-state index is 14.1. The van der Waals surface area contributed by atoms with E-state index in [1.807, 2.05) is 13.8 Å². The van der Waals surface area contributed by atoms with Gasteiger partial charge in [-0.25, -0.2) is 4.39 Å². The van der Waals surface area contributed by atoms with Crippen molar-refractivity contribution in [3.8, 4) is 5.75 Å². The van der Waals surface area contributed by atoms with Gasteiger partial charge >= 0.3 is 0 Å². The van der Waals surface area contributed by atoms with E-state index < -0.39 is 5.41 Å². The molecular weight excluding hydrogens is 231 g/mol. The van der Waals surface area contributed by atoms with E-state index in [4.69, 9.17) is 4.74 Å². The molecule has 2 nitrogen and oxygen atoms in total. The smallest absolute Gasteiger partial charge is 0.140 e. The maximum atomic E-state index is 14.1. The van der Waals surface area contributed by atoms with Crippen molar-refractivity contribution in [2.45, 2.75) is 39.0 Å². The minimum absolute atomic E-state index is 0.0452. The second-order valence-electron chi connectivity index (χ2n) is 4.90. The molecule has 0 aromatic heterocycles. The first kappa shape index (κ1) is 13.1. The van der Waals surface area contributed by atoms with E-state index in [1.54, 1.807) is 19.2 Å². The zero-order valence-corrected chi connectivity index (χ0v) is 11.1. The van der Waals surface area contributed by atoms with Gasteiger partial charge in [0.2, 0.25) is 0 Å². The summed E-state index contributed by atoms with van der Waals surface area (Å²) in [6, 6.07) is 4.84. The molecule has 1 aromatic rings. The summed E-state index contributed by atoms with van der Waals surface area (Å²) in [5.41, 5.74) is 0.179. The third-order valence-corrected chi connectivity index (χ3v) is 4.45. The Labute approximate surface area is 107 Å². The summed E-state index contributed by atoms with van der Waals surface area (Å²) < 4.78 is 19.3. The van der Waals surface area contributed by atoms with E-state index in [-0.39, 0.29) is 17.5 Å². The zero-order chi connectivity index (χ0) is 13.3. The Balaban J connectivity index is 2.47. The van der Waals surface area contributed by atoms with Gasteiger partial charge in [-0.15, -0.1) is 0 Å². The molecule has 18 heavy (non-hydrogen) atoms. The molecule has 0 radical (unpaired) electrons. The molecule has 0 saturated heterocycles. The van der Waals surface area contributed by atoms with Crippen molar-refractivity contribution in [2.24, 2.45) is 5.41 Å². The number of carbonyl (C=O) groups excluding carboxylic acids is 1. The van der Waals surface area contributed by atoms with Crippen molar-refractivity contribution in [1.82, 2.24) is 0 Å². The third kappa shape index (κ3) is 1.64. The summed E-state index contributed by atoms with van der Waals surface area (Å²) in [6.07, 6.45) is 1.94. The van der Waals surface area contributed by atoms with Crippen LogP contribution in [0.25, 0.3) is 0 Å². The monoisotopic (exact) mass is 250 g/mol. The zero-order valence-electron chi connectivity index (χ0n) is 11.1. The second kappa shape index (κ2) is 4.71. The van der Waals surface area contributed by atoms with Crippen LogP contribution >= 0.6 is 0 Å². The fraction of sp³-hybridized carbons (Fsp3) is 0.533. The molecule has 1 aliphatic rings. The van der Waals surface area contributed by atoms with Crippen LogP contribution in [0.15, 0.2) is 18.2 Å². The number of halogens is 1. The van der Waals surface area contributed by atoms with Gasteiger partial charge in [0.1, 0.15) is 17.3 Å². The van der Waals surface area contributed by atoms with Gasteiger partial charge in [-0.05, 0) is 25.0 Å². The lowest BCUT2D eigenvalue weighted by molar-refractivity contribution is -0.141. The summed E-state index contributed by atoms with van der Waals surface area (Å²) in [6.45, 7) is 4.00. The fourth-order valence-corrected chi connectivity index (χ4v) is 3.20. The Hall–Kier alpha value is -1.38. The van der Waals surface area contributed by atoms with E-state index in [0.29, 0.717) is 17.7 Å². The van der Waals surface area contributed by atoms with E-state index >= 15 is 0 Å². The molecule has 1 fully saturated rings. The summed E-state index contributed by atoms with van der Waals surface area (Å²) in [7, 11) is 1.54. The molecule has 0 spiro atoms. The minimum Gasteiger partial charge on any atom is -0.496 e. The van der Waals surface area contributed by atoms with Crippen LogP contribution in [0.2, 0.25) is 0 Å². The van der Waals surface area contributed by atoms with Gasteiger partial charge in [-0.3, -0.25) is 4.79 Å². The van der Waals surface area contributed by atoms with Crippen LogP contribution in [-0.2, 0) is 4.79 Å². The molecule has 1 aliphatic carbocycles. The number of ketones is 1. The molecule has 1 unspecified atom stereocenters. The standard InChI is InChI=1S/C15H19FO2/c1-4-15(5-2)10(9-13(15)17)14-11(16)7-6-8-12(14)18-3/h6-8,10H,4-5,9H2,1-3H3. The number of methoxy groups -OCH3 is 1. The fourth-order valence-electron chi connectivity index (χ4n) is 3.20. The van der Waals surface area contributed by atoms with Crippen LogP contribution in [0, 0.1) is 11.2 Å². The normalized spacial score (nSPS) is 21.6. The van der Waals surface area contributed by atoms with E-state index in [9.17, 15) is 9.18 Å². The molecule has 1 atom stereocenters. The third-order valence-electron chi connectivity index (χ3n) is 4.45. The van der Waals surface area contributed by atoms with Crippen molar-refractivity contribution < 1.29 is 13.9 Å². The highest BCUT2D eigenvalue weighted by molar-refractivity contribution is 5.93. The molecule has 1 aromatic carbocycles. The first-order valence-corrected chi connectivity index (χ1v) is 6.46. The van der Waals surface area contributed by atoms with Crippen molar-refractivity contribution in [1.29, 1.82) is 0 Å². The van der Waals surface area contributed by atoms with Crippen molar-refractivity contribution in [3.05, 3.63) is 29.6 Å². The van der Waals surface area contributed by atoms with Crippen LogP contribution in [0.1, 0.15) is 44.6 Å². The van der Waals surface area contributed by atoms with Crippen molar-refractivity contribution in [3.63, 3.8) is 0 Å². The Morgan fingerprint density at radius 1 is 1.39 bits per heavy atom. The van der Waals surface area contributed by atoms with E-state index in [1.165, 1.54) is 6.07 Å². The minimum atomic E-state index is -0.393. The Morgan fingerprint density at radius 2 is 2.06 bits per heavy atom. The summed E-state index contributed by atoms with van der Waals surface area (Å²) >= 11 is 0. The molecular formula is C15H19FO2. The van der Waals surface area contributed by atoms with Gasteiger partial charge in [-0.1, -0.05) is 19.9 Å². The predicted octanol–water partition coefficient (Wildman–Crippen LogP) is 3.70. The van der Waals surface area contributed by atoms with Gasteiger partial charge in [-0.2, -0.15) is 0 Å². The highest BCUT2D eigenvalue weighted by Gasteiger charge is 2.54. The molecule has 0 aliphatic heterocycles. The Morgan fingerprint density at radius 3 is 2.56 bits per heavy atom. The lowest BCUT2D eigenvalue weighted by Gasteiger charge is -2.47. The molecule has 2 rings (SSSR count). The van der Waals surface area contributed by atoms with Gasteiger partial charge < -0.3 is 4.74 Å². The molecule has 0 N–H and O–H groups in total. The molecule has 0 bridgehead atoms. The Bertz CT molecular complexity index is 464. The number of carbonyl (C=O) groups is 1. The average Bonchev–Trinajstić information content (AvgIpc) is 2.38. The molecule has 3 heteroatoms. The van der Waals surface area contributed by atoms with Gasteiger partial charge in [0, 0.05) is 23.3 Å². The predicted molar refractivity (Wildman–Crippen MR) is 68.3 cm³/mol. The van der Waals surface area contributed by atoms with Gasteiger partial charge in [0.25, 0.3) is 0 Å². The maximum Gasteiger partial charge on any atom is 0.140 e. The quantitative estimate of drug-likeness (QED) is 0.814.